The van der Waals surface area contributed by atoms with Crippen LogP contribution >= 0.6 is 15.9 Å². The number of anilines is 1. The van der Waals surface area contributed by atoms with Gasteiger partial charge >= 0.3 is 0 Å². The maximum Gasteiger partial charge on any atom is 0.146 e. The summed E-state index contributed by atoms with van der Waals surface area (Å²) >= 11 is 3.46. The van der Waals surface area contributed by atoms with Crippen molar-refractivity contribution in [1.82, 2.24) is 5.32 Å². The van der Waals surface area contributed by atoms with E-state index in [9.17, 15) is 4.39 Å². The first-order valence-electron chi connectivity index (χ1n) is 7.56. The smallest absolute Gasteiger partial charge is 0.146 e. The first kappa shape index (κ1) is 14.3. The topological polar surface area (TPSA) is 15.3 Å². The van der Waals surface area contributed by atoms with E-state index in [4.69, 9.17) is 0 Å². The molecule has 1 atom stereocenters. The number of hydrogen-bond donors (Lipinski definition) is 1. The molecular formula is C16H22BrFN2. The van der Waals surface area contributed by atoms with Gasteiger partial charge in [0, 0.05) is 29.1 Å². The van der Waals surface area contributed by atoms with Crippen molar-refractivity contribution >= 4 is 21.6 Å². The molecule has 2 aliphatic rings. The third-order valence-corrected chi connectivity index (χ3v) is 5.30. The average molecular weight is 341 g/mol. The molecule has 0 aromatic heterocycles. The fourth-order valence-electron chi connectivity index (χ4n) is 3.60. The predicted octanol–water partition coefficient (Wildman–Crippen LogP) is 4.09. The van der Waals surface area contributed by atoms with Gasteiger partial charge in [-0.3, -0.25) is 0 Å². The Morgan fingerprint density at radius 1 is 1.30 bits per heavy atom. The van der Waals surface area contributed by atoms with Crippen LogP contribution in [-0.2, 0) is 0 Å². The Labute approximate surface area is 128 Å². The van der Waals surface area contributed by atoms with Gasteiger partial charge in [0.25, 0.3) is 0 Å². The average Bonchev–Trinajstić information content (AvgIpc) is 2.46. The van der Waals surface area contributed by atoms with Gasteiger partial charge in [0.15, 0.2) is 0 Å². The molecule has 1 N–H and O–H groups in total. The summed E-state index contributed by atoms with van der Waals surface area (Å²) in [5, 5.41) is 3.74. The number of benzene rings is 1. The Hall–Kier alpha value is -0.610. The van der Waals surface area contributed by atoms with Crippen LogP contribution in [-0.4, -0.2) is 24.7 Å². The van der Waals surface area contributed by atoms with Gasteiger partial charge in [-0.05, 0) is 38.0 Å². The lowest BCUT2D eigenvalue weighted by atomic mass is 9.79. The molecule has 2 fully saturated rings. The van der Waals surface area contributed by atoms with Crippen molar-refractivity contribution in [3.8, 4) is 0 Å². The third-order valence-electron chi connectivity index (χ3n) is 4.81. The molecule has 1 unspecified atom stereocenters. The fraction of sp³-hybridized carbons (Fsp3) is 0.625. The summed E-state index contributed by atoms with van der Waals surface area (Å²) in [6.45, 7) is 4.02. The van der Waals surface area contributed by atoms with Gasteiger partial charge in [-0.15, -0.1) is 0 Å². The summed E-state index contributed by atoms with van der Waals surface area (Å²) < 4.78 is 15.1. The molecule has 1 spiro atoms. The maximum absolute atomic E-state index is 14.2. The molecule has 0 bridgehead atoms. The lowest BCUT2D eigenvalue weighted by Crippen LogP contribution is -2.64. The van der Waals surface area contributed by atoms with E-state index in [-0.39, 0.29) is 11.4 Å². The monoisotopic (exact) mass is 340 g/mol. The van der Waals surface area contributed by atoms with E-state index in [1.54, 1.807) is 12.1 Å². The van der Waals surface area contributed by atoms with Crippen LogP contribution in [0.15, 0.2) is 22.7 Å². The highest BCUT2D eigenvalue weighted by Gasteiger charge is 2.39. The maximum atomic E-state index is 14.2. The molecule has 4 heteroatoms. The highest BCUT2D eigenvalue weighted by Crippen LogP contribution is 2.35. The van der Waals surface area contributed by atoms with Gasteiger partial charge in [-0.1, -0.05) is 35.2 Å². The molecule has 20 heavy (non-hydrogen) atoms. The van der Waals surface area contributed by atoms with Gasteiger partial charge in [0.05, 0.1) is 5.69 Å². The third kappa shape index (κ3) is 2.73. The summed E-state index contributed by atoms with van der Waals surface area (Å²) in [7, 11) is 0. The predicted molar refractivity (Wildman–Crippen MR) is 84.7 cm³/mol. The SMILES string of the molecule is CC1CNC2(CCCCC2)CN1c1cc(Br)ccc1F. The summed E-state index contributed by atoms with van der Waals surface area (Å²) in [5.74, 6) is -0.118. The van der Waals surface area contributed by atoms with Gasteiger partial charge in [-0.25, -0.2) is 4.39 Å². The zero-order chi connectivity index (χ0) is 14.2. The van der Waals surface area contributed by atoms with E-state index in [0.29, 0.717) is 6.04 Å². The van der Waals surface area contributed by atoms with Crippen LogP contribution in [0.5, 0.6) is 0 Å². The summed E-state index contributed by atoms with van der Waals surface area (Å²) in [5.41, 5.74) is 0.929. The molecule has 1 aliphatic carbocycles. The highest BCUT2D eigenvalue weighted by molar-refractivity contribution is 9.10. The standard InChI is InChI=1S/C16H22BrFN2/c1-12-10-19-16(7-3-2-4-8-16)11-20(12)15-9-13(17)5-6-14(15)18/h5-6,9,12,19H,2-4,7-8,10-11H2,1H3. The second-order valence-electron chi connectivity index (χ2n) is 6.29. The Bertz CT molecular complexity index is 485. The Morgan fingerprint density at radius 2 is 2.05 bits per heavy atom. The minimum absolute atomic E-state index is 0.118. The lowest BCUT2D eigenvalue weighted by molar-refractivity contribution is 0.200. The van der Waals surface area contributed by atoms with Crippen molar-refractivity contribution in [2.24, 2.45) is 0 Å². The molecule has 1 aromatic carbocycles. The molecule has 1 aromatic rings. The van der Waals surface area contributed by atoms with E-state index in [1.807, 2.05) is 6.07 Å². The Morgan fingerprint density at radius 3 is 2.80 bits per heavy atom. The van der Waals surface area contributed by atoms with Crippen LogP contribution < -0.4 is 10.2 Å². The zero-order valence-corrected chi connectivity index (χ0v) is 13.5. The van der Waals surface area contributed by atoms with E-state index >= 15 is 0 Å². The molecule has 0 radical (unpaired) electrons. The molecule has 1 saturated heterocycles. The molecule has 3 rings (SSSR count). The quantitative estimate of drug-likeness (QED) is 0.828. The van der Waals surface area contributed by atoms with E-state index in [2.05, 4.69) is 33.1 Å². The number of nitrogens with zero attached hydrogens (tertiary/aromatic N) is 1. The van der Waals surface area contributed by atoms with Crippen molar-refractivity contribution in [1.29, 1.82) is 0 Å². The van der Waals surface area contributed by atoms with Crippen molar-refractivity contribution in [3.05, 3.63) is 28.5 Å². The summed E-state index contributed by atoms with van der Waals surface area (Å²) in [6.07, 6.45) is 6.34. The van der Waals surface area contributed by atoms with E-state index in [0.717, 1.165) is 23.2 Å². The van der Waals surface area contributed by atoms with E-state index in [1.165, 1.54) is 32.1 Å². The largest absolute Gasteiger partial charge is 0.363 e. The van der Waals surface area contributed by atoms with Crippen LogP contribution in [0, 0.1) is 5.82 Å². The lowest BCUT2D eigenvalue weighted by Gasteiger charge is -2.50. The van der Waals surface area contributed by atoms with Gasteiger partial charge in [-0.2, -0.15) is 0 Å². The molecule has 1 aliphatic heterocycles. The first-order chi connectivity index (χ1) is 9.60. The second-order valence-corrected chi connectivity index (χ2v) is 7.21. The summed E-state index contributed by atoms with van der Waals surface area (Å²) in [4.78, 5) is 2.25. The van der Waals surface area contributed by atoms with Crippen LogP contribution in [0.4, 0.5) is 10.1 Å². The Kier molecular flexibility index (Phi) is 4.04. The summed E-state index contributed by atoms with van der Waals surface area (Å²) in [6, 6.07) is 5.56. The Balaban J connectivity index is 1.88. The van der Waals surface area contributed by atoms with Gasteiger partial charge in [0.1, 0.15) is 5.82 Å². The highest BCUT2D eigenvalue weighted by atomic mass is 79.9. The van der Waals surface area contributed by atoms with Crippen molar-refractivity contribution in [3.63, 3.8) is 0 Å². The molecule has 110 valence electrons. The minimum atomic E-state index is -0.118. The van der Waals surface area contributed by atoms with Crippen LogP contribution in [0.3, 0.4) is 0 Å². The van der Waals surface area contributed by atoms with Crippen molar-refractivity contribution in [2.45, 2.75) is 50.6 Å². The number of rotatable bonds is 1. The number of nitrogens with one attached hydrogen (secondary N) is 1. The second kappa shape index (κ2) is 5.64. The molecule has 1 saturated carbocycles. The number of halogens is 2. The normalized spacial score (nSPS) is 25.9. The van der Waals surface area contributed by atoms with Crippen LogP contribution in [0.25, 0.3) is 0 Å². The van der Waals surface area contributed by atoms with Crippen molar-refractivity contribution in [2.75, 3.05) is 18.0 Å². The number of hydrogen-bond acceptors (Lipinski definition) is 2. The fourth-order valence-corrected chi connectivity index (χ4v) is 3.95. The molecule has 0 amide bonds. The minimum Gasteiger partial charge on any atom is -0.363 e. The van der Waals surface area contributed by atoms with E-state index < -0.39 is 0 Å². The molecule has 1 heterocycles. The number of piperazine rings is 1. The first-order valence-corrected chi connectivity index (χ1v) is 8.36. The molecule has 2 nitrogen and oxygen atoms in total. The van der Waals surface area contributed by atoms with Gasteiger partial charge in [0.2, 0.25) is 0 Å². The van der Waals surface area contributed by atoms with Crippen LogP contribution in [0.1, 0.15) is 39.0 Å². The van der Waals surface area contributed by atoms with Crippen LogP contribution in [0.2, 0.25) is 0 Å². The van der Waals surface area contributed by atoms with Gasteiger partial charge < -0.3 is 10.2 Å². The molecular weight excluding hydrogens is 319 g/mol. The zero-order valence-electron chi connectivity index (χ0n) is 12.0. The van der Waals surface area contributed by atoms with Crippen molar-refractivity contribution < 1.29 is 4.39 Å².